The molecule has 0 aliphatic rings. The number of rotatable bonds is 2. The molecule has 6 nitrogen and oxygen atoms in total. The Bertz CT molecular complexity index is 1100. The minimum atomic E-state index is -1.42. The number of carbonyl (C=O) groups excluding carboxylic acids is 1. The molecule has 160 valence electrons. The summed E-state index contributed by atoms with van der Waals surface area (Å²) >= 11 is 0. The molecule has 0 radical (unpaired) electrons. The van der Waals surface area contributed by atoms with Gasteiger partial charge in [0.05, 0.1) is 18.2 Å². The number of benzene rings is 2. The van der Waals surface area contributed by atoms with Crippen LogP contribution in [0, 0.1) is 52.3 Å². The van der Waals surface area contributed by atoms with Crippen LogP contribution in [-0.2, 0) is 9.68 Å². The third kappa shape index (κ3) is 17.2. The average Bonchev–Trinajstić information content (AvgIpc) is 2.78. The summed E-state index contributed by atoms with van der Waals surface area (Å²) in [6.07, 6.45) is 5.16. The van der Waals surface area contributed by atoms with Crippen LogP contribution in [-0.4, -0.2) is 21.7 Å². The standard InChI is InChI=1S/C12H12FNSi.C10H7NO.CH2O3.2Cs.H/c1-15(2,3)7-6-10-4-5-12(13)11(8-10)9-14;1-3-8-4-5-10(12-2)9(6-8)7-11;2-1-4-3;;;/h4-5,8H,1-3H3;1,4-6H,2H3;1,3H;;;/q;;;2*+1;-1/p-1. The zero-order valence-electron chi connectivity index (χ0n) is 20.5. The fourth-order valence-corrected chi connectivity index (χ4v) is 2.35. The summed E-state index contributed by atoms with van der Waals surface area (Å²) in [4.78, 5) is 11.2. The van der Waals surface area contributed by atoms with E-state index in [9.17, 15) is 4.39 Å². The largest absolute Gasteiger partial charge is 1.00 e. The van der Waals surface area contributed by atoms with Gasteiger partial charge in [0.1, 0.15) is 31.8 Å². The van der Waals surface area contributed by atoms with Crippen molar-refractivity contribution in [1.82, 2.24) is 0 Å². The third-order valence-corrected chi connectivity index (χ3v) is 4.07. The van der Waals surface area contributed by atoms with Gasteiger partial charge in [-0.15, -0.1) is 12.0 Å². The Morgan fingerprint density at radius 2 is 1.58 bits per heavy atom. The van der Waals surface area contributed by atoms with E-state index in [4.69, 9.17) is 31.7 Å². The van der Waals surface area contributed by atoms with Gasteiger partial charge in [-0.2, -0.15) is 10.5 Å². The van der Waals surface area contributed by atoms with Crippen LogP contribution in [0.5, 0.6) is 5.75 Å². The van der Waals surface area contributed by atoms with Gasteiger partial charge in [0.15, 0.2) is 0 Å². The number of nitrogens with zero attached hydrogens (tertiary/aromatic N) is 2. The van der Waals surface area contributed by atoms with Crippen LogP contribution in [0.1, 0.15) is 23.7 Å². The first-order valence-electron chi connectivity index (χ1n) is 8.65. The summed E-state index contributed by atoms with van der Waals surface area (Å²) in [5, 5.41) is 25.7. The molecule has 0 atom stereocenters. The normalized spacial score (nSPS) is 8.21. The third-order valence-electron chi connectivity index (χ3n) is 3.19. The second-order valence-corrected chi connectivity index (χ2v) is 11.4. The molecule has 2 aromatic carbocycles. The van der Waals surface area contributed by atoms with Crippen molar-refractivity contribution in [2.24, 2.45) is 0 Å². The number of methoxy groups -OCH3 is 1. The zero-order valence-corrected chi connectivity index (χ0v) is 33.1. The van der Waals surface area contributed by atoms with E-state index in [1.54, 1.807) is 30.3 Å². The Kier molecular flexibility index (Phi) is 24.3. The molecule has 0 aliphatic carbocycles. The summed E-state index contributed by atoms with van der Waals surface area (Å²) in [7, 11) is 0.101. The van der Waals surface area contributed by atoms with Gasteiger partial charge in [-0.1, -0.05) is 31.5 Å². The van der Waals surface area contributed by atoms with Crippen LogP contribution in [0.3, 0.4) is 0 Å². The number of ether oxygens (including phenoxy) is 1. The van der Waals surface area contributed by atoms with Crippen molar-refractivity contribution in [3.8, 4) is 41.7 Å². The molecule has 0 unspecified atom stereocenters. The number of nitriles is 2. The molecule has 33 heavy (non-hydrogen) atoms. The van der Waals surface area contributed by atoms with Crippen molar-refractivity contribution in [3.63, 3.8) is 0 Å². The van der Waals surface area contributed by atoms with Crippen molar-refractivity contribution >= 4 is 14.5 Å². The predicted octanol–water partition coefficient (Wildman–Crippen LogP) is -2.97. The molecular formula is C23H21Cs2FN2O4Si. The second kappa shape index (κ2) is 21.3. The zero-order chi connectivity index (χ0) is 23.9. The van der Waals surface area contributed by atoms with Crippen LogP contribution in [0.4, 0.5) is 4.39 Å². The molecule has 0 N–H and O–H groups in total. The molecule has 10 heteroatoms. The monoisotopic (exact) mass is 702 g/mol. The second-order valence-electron chi connectivity index (χ2n) is 6.67. The van der Waals surface area contributed by atoms with E-state index < -0.39 is 13.9 Å². The van der Waals surface area contributed by atoms with Crippen LogP contribution < -0.4 is 148 Å². The average molecular weight is 702 g/mol. The summed E-state index contributed by atoms with van der Waals surface area (Å²) in [6.45, 7) is 6.22. The van der Waals surface area contributed by atoms with Crippen molar-refractivity contribution in [3.05, 3.63) is 64.5 Å². The van der Waals surface area contributed by atoms with Crippen LogP contribution in [0.25, 0.3) is 0 Å². The molecule has 0 bridgehead atoms. The first-order chi connectivity index (χ1) is 14.6. The predicted molar refractivity (Wildman–Crippen MR) is 115 cm³/mol. The van der Waals surface area contributed by atoms with E-state index >= 15 is 0 Å². The van der Waals surface area contributed by atoms with E-state index in [1.807, 2.05) is 6.07 Å². The number of terminal acetylenes is 1. The van der Waals surface area contributed by atoms with Crippen LogP contribution in [0.15, 0.2) is 36.4 Å². The molecule has 0 aliphatic heterocycles. The molecule has 0 fully saturated rings. The summed E-state index contributed by atoms with van der Waals surface area (Å²) in [6, 6.07) is 13.2. The smallest absolute Gasteiger partial charge is 1.00 e. The van der Waals surface area contributed by atoms with E-state index in [2.05, 4.69) is 41.9 Å². The maximum Gasteiger partial charge on any atom is 1.00 e. The maximum atomic E-state index is 13.0. The van der Waals surface area contributed by atoms with Gasteiger partial charge in [-0.25, -0.2) is 4.39 Å². The summed E-state index contributed by atoms with van der Waals surface area (Å²) in [5.41, 5.74) is 5.08. The summed E-state index contributed by atoms with van der Waals surface area (Å²) < 4.78 is 17.9. The first-order valence-corrected chi connectivity index (χ1v) is 12.2. The molecule has 0 amide bonds. The maximum absolute atomic E-state index is 13.0. The van der Waals surface area contributed by atoms with E-state index in [0.29, 0.717) is 22.4 Å². The minimum absolute atomic E-state index is 0. The Labute approximate surface area is 314 Å². The Morgan fingerprint density at radius 3 is 2.00 bits per heavy atom. The fraction of sp³-hybridized carbons (Fsp3) is 0.174. The molecule has 2 aromatic rings. The molecule has 2 rings (SSSR count). The minimum Gasteiger partial charge on any atom is -1.00 e. The van der Waals surface area contributed by atoms with Gasteiger partial charge in [-0.05, 0) is 36.4 Å². The molecule has 0 saturated carbocycles. The number of carbonyl (C=O) groups is 1. The van der Waals surface area contributed by atoms with Crippen molar-refractivity contribution in [1.29, 1.82) is 10.5 Å². The number of halogens is 1. The fourth-order valence-electron chi connectivity index (χ4n) is 1.83. The molecule has 0 aromatic heterocycles. The van der Waals surface area contributed by atoms with Gasteiger partial charge in [0.2, 0.25) is 0 Å². The van der Waals surface area contributed by atoms with Crippen LogP contribution >= 0.6 is 0 Å². The van der Waals surface area contributed by atoms with Gasteiger partial charge >= 0.3 is 138 Å². The van der Waals surface area contributed by atoms with Crippen molar-refractivity contribution in [2.45, 2.75) is 19.6 Å². The SMILES string of the molecule is C#Cc1ccc(OC)c(C#N)c1.C[Si](C)(C)C#Cc1ccc(F)c(C#N)c1.O=CO[O-].[Cs+].[Cs+].[H-]. The first kappa shape index (κ1) is 37.6. The number of hydrogen-bond donors (Lipinski definition) is 0. The van der Waals surface area contributed by atoms with Crippen molar-refractivity contribution < 1.29 is 163 Å². The van der Waals surface area contributed by atoms with Crippen molar-refractivity contribution in [2.75, 3.05) is 7.11 Å². The van der Waals surface area contributed by atoms with Gasteiger partial charge in [0.25, 0.3) is 6.47 Å². The topological polar surface area (TPSA) is 106 Å². The molecule has 0 saturated heterocycles. The summed E-state index contributed by atoms with van der Waals surface area (Å²) in [5.74, 6) is 5.49. The molecule has 0 heterocycles. The van der Waals surface area contributed by atoms with Gasteiger partial charge in [-0.3, -0.25) is 4.79 Å². The Balaban J connectivity index is -0.000000215. The Morgan fingerprint density at radius 1 is 1.06 bits per heavy atom. The van der Waals surface area contributed by atoms with E-state index in [1.165, 1.54) is 19.2 Å². The molecule has 0 spiro atoms. The quantitative estimate of drug-likeness (QED) is 0.109. The van der Waals surface area contributed by atoms with E-state index in [0.717, 1.165) is 0 Å². The molecular weight excluding hydrogens is 681 g/mol. The van der Waals surface area contributed by atoms with Gasteiger partial charge < -0.3 is 16.3 Å². The van der Waals surface area contributed by atoms with Gasteiger partial charge in [0, 0.05) is 11.1 Å². The van der Waals surface area contributed by atoms with Crippen LogP contribution in [0.2, 0.25) is 19.6 Å². The Hall–Kier alpha value is 0.0208. The number of hydrogen-bond acceptors (Lipinski definition) is 6. The van der Waals surface area contributed by atoms with E-state index in [-0.39, 0.29) is 151 Å².